The standard InChI is InChI=1S/C17H22ClN5S.C16H20ClN5OS/c1-11-3-4-12(18)13(9-11)24-16-15(19)22-14(10-21-16)23-7-5-17(2,20)6-8-23;1-16(19)4-6-22(7-5-16)13-9-20-15(14(18)21-13)24-12-8-10(23)2-3-11(12)17/h3-4,9-10H,5-8,20H2,1-2H3,(H2,19,22);2-3,8-9,23H,4-7,19H2,1H3,(H2,18,21). The predicted octanol–water partition coefficient (Wildman–Crippen LogP) is 6.38. The van der Waals surface area contributed by atoms with Gasteiger partial charge in [-0.15, -0.1) is 0 Å². The number of hydrogen-bond donors (Lipinski definition) is 5. The van der Waals surface area contributed by atoms with Crippen molar-refractivity contribution in [2.75, 3.05) is 47.4 Å². The van der Waals surface area contributed by atoms with Crippen LogP contribution in [0.3, 0.4) is 0 Å². The predicted molar refractivity (Wildman–Crippen MR) is 199 cm³/mol. The topological polar surface area (TPSA) is 182 Å². The molecule has 48 heavy (non-hydrogen) atoms. The Balaban J connectivity index is 0.000000188. The maximum atomic E-state index is 9.59. The summed E-state index contributed by atoms with van der Waals surface area (Å²) in [6.07, 6.45) is 7.18. The Morgan fingerprint density at radius 2 is 1.12 bits per heavy atom. The van der Waals surface area contributed by atoms with Crippen molar-refractivity contribution in [2.24, 2.45) is 11.5 Å². The number of nitrogens with two attached hydrogens (primary N) is 4. The Morgan fingerprint density at radius 3 is 1.56 bits per heavy atom. The van der Waals surface area contributed by atoms with Crippen LogP contribution in [-0.4, -0.2) is 62.3 Å². The molecule has 2 saturated heterocycles. The lowest BCUT2D eigenvalue weighted by Gasteiger charge is -2.37. The van der Waals surface area contributed by atoms with Crippen molar-refractivity contribution < 1.29 is 5.11 Å². The highest BCUT2D eigenvalue weighted by atomic mass is 35.5. The summed E-state index contributed by atoms with van der Waals surface area (Å²) in [5.41, 5.74) is 25.5. The molecule has 9 N–H and O–H groups in total. The molecule has 0 amide bonds. The van der Waals surface area contributed by atoms with Crippen molar-refractivity contribution in [2.45, 2.75) is 77.4 Å². The first kappa shape index (κ1) is 36.1. The SMILES string of the molecule is CC1(N)CCN(c2cnc(Sc3cc(O)ccc3Cl)c(N)n2)CC1.Cc1ccc(Cl)c(Sc2ncc(N3CCC(C)(N)CC3)nc2N)c1. The molecule has 2 aromatic carbocycles. The molecule has 0 unspecified atom stereocenters. The summed E-state index contributed by atoms with van der Waals surface area (Å²) in [6, 6.07) is 10.6. The van der Waals surface area contributed by atoms with E-state index in [-0.39, 0.29) is 16.8 Å². The number of nitrogen functional groups attached to an aromatic ring is 2. The summed E-state index contributed by atoms with van der Waals surface area (Å²) >= 11 is 15.1. The van der Waals surface area contributed by atoms with Crippen LogP contribution >= 0.6 is 46.7 Å². The molecular weight excluding hydrogens is 687 g/mol. The van der Waals surface area contributed by atoms with Crippen LogP contribution in [0.4, 0.5) is 23.3 Å². The van der Waals surface area contributed by atoms with Crippen LogP contribution in [0.15, 0.2) is 68.6 Å². The first-order valence-electron chi connectivity index (χ1n) is 15.6. The average Bonchev–Trinajstić information content (AvgIpc) is 3.03. The zero-order chi connectivity index (χ0) is 34.6. The summed E-state index contributed by atoms with van der Waals surface area (Å²) < 4.78 is 0. The molecule has 6 rings (SSSR count). The second-order valence-corrected chi connectivity index (χ2v) is 15.7. The van der Waals surface area contributed by atoms with E-state index >= 15 is 0 Å². The van der Waals surface area contributed by atoms with Crippen molar-refractivity contribution in [1.29, 1.82) is 0 Å². The fourth-order valence-electron chi connectivity index (χ4n) is 5.19. The van der Waals surface area contributed by atoms with Crippen LogP contribution in [0.25, 0.3) is 0 Å². The lowest BCUT2D eigenvalue weighted by molar-refractivity contribution is 0.362. The Morgan fingerprint density at radius 1 is 0.708 bits per heavy atom. The van der Waals surface area contributed by atoms with Gasteiger partial charge in [-0.1, -0.05) is 52.8 Å². The second kappa shape index (κ2) is 15.1. The average molecular weight is 730 g/mol. The van der Waals surface area contributed by atoms with Crippen molar-refractivity contribution in [3.8, 4) is 5.75 Å². The smallest absolute Gasteiger partial charge is 0.158 e. The Kier molecular flexibility index (Phi) is 11.4. The summed E-state index contributed by atoms with van der Waals surface area (Å²) in [6.45, 7) is 9.62. The lowest BCUT2D eigenvalue weighted by atomic mass is 9.91. The molecule has 11 nitrogen and oxygen atoms in total. The lowest BCUT2D eigenvalue weighted by Crippen LogP contribution is -2.48. The Labute approximate surface area is 300 Å². The highest BCUT2D eigenvalue weighted by Crippen LogP contribution is 2.38. The Hall–Kier alpha value is -3.20. The first-order chi connectivity index (χ1) is 22.7. The van der Waals surface area contributed by atoms with Gasteiger partial charge in [0, 0.05) is 47.0 Å². The number of hydrogen-bond acceptors (Lipinski definition) is 13. The molecule has 0 spiro atoms. The molecule has 256 valence electrons. The third kappa shape index (κ3) is 9.48. The maximum absolute atomic E-state index is 9.59. The van der Waals surface area contributed by atoms with E-state index < -0.39 is 0 Å². The molecule has 2 aliphatic rings. The molecule has 2 aromatic heterocycles. The van der Waals surface area contributed by atoms with E-state index in [2.05, 4.69) is 43.6 Å². The fourth-order valence-corrected chi connectivity index (χ4v) is 7.34. The normalized spacial score (nSPS) is 17.1. The van der Waals surface area contributed by atoms with Gasteiger partial charge in [-0.2, -0.15) is 0 Å². The number of anilines is 4. The summed E-state index contributed by atoms with van der Waals surface area (Å²) in [5.74, 6) is 2.48. The van der Waals surface area contributed by atoms with Crippen molar-refractivity contribution >= 4 is 70.0 Å². The second-order valence-electron chi connectivity index (χ2n) is 12.9. The van der Waals surface area contributed by atoms with Gasteiger partial charge in [0.15, 0.2) is 11.6 Å². The van der Waals surface area contributed by atoms with Gasteiger partial charge >= 0.3 is 0 Å². The quantitative estimate of drug-likeness (QED) is 0.148. The highest BCUT2D eigenvalue weighted by molar-refractivity contribution is 7.99. The number of halogens is 2. The number of aromatic hydroxyl groups is 1. The molecule has 4 aromatic rings. The third-order valence-corrected chi connectivity index (χ3v) is 11.4. The van der Waals surface area contributed by atoms with Crippen molar-refractivity contribution in [3.05, 3.63) is 64.4 Å². The van der Waals surface area contributed by atoms with E-state index in [1.165, 1.54) is 29.6 Å². The van der Waals surface area contributed by atoms with E-state index in [1.807, 2.05) is 25.1 Å². The summed E-state index contributed by atoms with van der Waals surface area (Å²) in [5, 5.41) is 12.0. The number of benzene rings is 2. The first-order valence-corrected chi connectivity index (χ1v) is 18.0. The molecule has 2 fully saturated rings. The number of nitrogens with zero attached hydrogens (tertiary/aromatic N) is 6. The molecule has 0 radical (unpaired) electrons. The molecule has 0 bridgehead atoms. The zero-order valence-electron chi connectivity index (χ0n) is 27.3. The van der Waals surface area contributed by atoms with Gasteiger partial charge in [-0.3, -0.25) is 0 Å². The van der Waals surface area contributed by atoms with Gasteiger partial charge in [0.2, 0.25) is 0 Å². The number of piperidine rings is 2. The van der Waals surface area contributed by atoms with E-state index in [4.69, 9.17) is 46.1 Å². The third-order valence-electron chi connectivity index (χ3n) is 8.38. The molecule has 0 aliphatic carbocycles. The van der Waals surface area contributed by atoms with Crippen LogP contribution in [0, 0.1) is 6.92 Å². The van der Waals surface area contributed by atoms with Crippen LogP contribution in [0.5, 0.6) is 5.75 Å². The molecule has 4 heterocycles. The number of rotatable bonds is 6. The largest absolute Gasteiger partial charge is 0.508 e. The molecule has 0 saturated carbocycles. The number of aryl methyl sites for hydroxylation is 1. The minimum atomic E-state index is -0.114. The van der Waals surface area contributed by atoms with Gasteiger partial charge in [0.05, 0.1) is 22.4 Å². The molecule has 15 heteroatoms. The van der Waals surface area contributed by atoms with Crippen molar-refractivity contribution in [3.63, 3.8) is 0 Å². The van der Waals surface area contributed by atoms with Gasteiger partial charge in [-0.05, 0) is 82.3 Å². The maximum Gasteiger partial charge on any atom is 0.158 e. The van der Waals surface area contributed by atoms with Crippen molar-refractivity contribution in [1.82, 2.24) is 19.9 Å². The van der Waals surface area contributed by atoms with Crippen LogP contribution in [0.1, 0.15) is 45.1 Å². The summed E-state index contributed by atoms with van der Waals surface area (Å²) in [4.78, 5) is 23.9. The van der Waals surface area contributed by atoms with E-state index in [0.29, 0.717) is 36.6 Å². The number of aromatic nitrogens is 4. The minimum Gasteiger partial charge on any atom is -0.508 e. The van der Waals surface area contributed by atoms with Gasteiger partial charge in [-0.25, -0.2) is 19.9 Å². The molecule has 2 aliphatic heterocycles. The van der Waals surface area contributed by atoms with Gasteiger partial charge in [0.1, 0.15) is 27.4 Å². The minimum absolute atomic E-state index is 0.0901. The molecular formula is C33H42Cl2N10OS2. The highest BCUT2D eigenvalue weighted by Gasteiger charge is 2.28. The van der Waals surface area contributed by atoms with Gasteiger partial charge < -0.3 is 37.8 Å². The molecule has 0 atom stereocenters. The van der Waals surface area contributed by atoms with Crippen LogP contribution in [-0.2, 0) is 0 Å². The Bertz CT molecular complexity index is 1610. The fraction of sp³-hybridized carbons (Fsp3) is 0.394. The van der Waals surface area contributed by atoms with E-state index in [1.54, 1.807) is 24.5 Å². The van der Waals surface area contributed by atoms with E-state index in [0.717, 1.165) is 74.0 Å². The van der Waals surface area contributed by atoms with Gasteiger partial charge in [0.25, 0.3) is 0 Å². The zero-order valence-corrected chi connectivity index (χ0v) is 30.4. The summed E-state index contributed by atoms with van der Waals surface area (Å²) in [7, 11) is 0. The van der Waals surface area contributed by atoms with Crippen LogP contribution in [0.2, 0.25) is 10.0 Å². The number of phenols is 1. The monoisotopic (exact) mass is 728 g/mol. The number of phenolic OH excluding ortho intramolecular Hbond substituents is 1. The van der Waals surface area contributed by atoms with E-state index in [9.17, 15) is 5.11 Å². The van der Waals surface area contributed by atoms with Crippen LogP contribution < -0.4 is 32.7 Å².